The second kappa shape index (κ2) is 3.32. The summed E-state index contributed by atoms with van der Waals surface area (Å²) in [5.41, 5.74) is 3.57. The van der Waals surface area contributed by atoms with Crippen LogP contribution in [0.4, 0.5) is 11.5 Å². The Balaban J connectivity index is 2.60. The lowest BCUT2D eigenvalue weighted by atomic mass is 10.2. The van der Waals surface area contributed by atoms with Crippen molar-refractivity contribution >= 4 is 34.1 Å². The highest BCUT2D eigenvalue weighted by atomic mass is 127. The molecule has 70 valence electrons. The monoisotopic (exact) mass is 289 g/mol. The van der Waals surface area contributed by atoms with Crippen molar-refractivity contribution in [2.24, 2.45) is 0 Å². The van der Waals surface area contributed by atoms with Crippen LogP contribution in [0.5, 0.6) is 0 Å². The lowest BCUT2D eigenvalue weighted by Gasteiger charge is -2.22. The number of pyridine rings is 1. The van der Waals surface area contributed by atoms with E-state index in [2.05, 4.69) is 45.1 Å². The molecular weight excluding hydrogens is 277 g/mol. The number of rotatable bonds is 0. The molecule has 1 aromatic heterocycles. The number of fused-ring (bicyclic) bond motifs is 1. The Morgan fingerprint density at radius 3 is 2.69 bits per heavy atom. The molecule has 4 heteroatoms. The lowest BCUT2D eigenvalue weighted by molar-refractivity contribution is 0.994. The van der Waals surface area contributed by atoms with Gasteiger partial charge in [-0.3, -0.25) is 0 Å². The second-order valence-electron chi connectivity index (χ2n) is 3.21. The molecule has 3 nitrogen and oxygen atoms in total. The predicted octanol–water partition coefficient (Wildman–Crippen LogP) is 2.14. The summed E-state index contributed by atoms with van der Waals surface area (Å²) in [6.07, 6.45) is 0. The Kier molecular flexibility index (Phi) is 2.31. The van der Waals surface area contributed by atoms with E-state index in [0.717, 1.165) is 24.6 Å². The molecule has 2 N–H and O–H groups in total. The number of nitrogens with one attached hydrogen (secondary N) is 2. The van der Waals surface area contributed by atoms with E-state index < -0.39 is 0 Å². The minimum absolute atomic E-state index is 0.958. The van der Waals surface area contributed by atoms with E-state index in [9.17, 15) is 0 Å². The van der Waals surface area contributed by atoms with Gasteiger partial charge in [0.25, 0.3) is 0 Å². The summed E-state index contributed by atoms with van der Waals surface area (Å²) in [5, 5.41) is 6.66. The van der Waals surface area contributed by atoms with E-state index in [1.807, 2.05) is 6.92 Å². The van der Waals surface area contributed by atoms with Crippen LogP contribution in [0.15, 0.2) is 0 Å². The fraction of sp³-hybridized carbons (Fsp3) is 0.444. The standard InChI is InChI=1S/C9H12IN3/c1-5-7(10)6(2)13-9-8(5)11-3-4-12-9/h11H,3-4H2,1-2H3,(H,12,13). The molecule has 1 aromatic rings. The summed E-state index contributed by atoms with van der Waals surface area (Å²) in [6, 6.07) is 0. The van der Waals surface area contributed by atoms with Crippen LogP contribution in [0.3, 0.4) is 0 Å². The predicted molar refractivity (Wildman–Crippen MR) is 63.4 cm³/mol. The maximum atomic E-state index is 4.49. The van der Waals surface area contributed by atoms with E-state index in [1.54, 1.807) is 0 Å². The average molecular weight is 289 g/mol. The van der Waals surface area contributed by atoms with Gasteiger partial charge in [-0.25, -0.2) is 4.98 Å². The molecule has 0 fully saturated rings. The molecule has 0 aromatic carbocycles. The zero-order valence-corrected chi connectivity index (χ0v) is 9.90. The van der Waals surface area contributed by atoms with Crippen molar-refractivity contribution in [1.82, 2.24) is 4.98 Å². The van der Waals surface area contributed by atoms with Crippen LogP contribution in [0.1, 0.15) is 11.3 Å². The zero-order chi connectivity index (χ0) is 9.42. The molecule has 2 rings (SSSR count). The Morgan fingerprint density at radius 1 is 1.23 bits per heavy atom. The molecule has 2 heterocycles. The number of aromatic nitrogens is 1. The van der Waals surface area contributed by atoms with Crippen molar-refractivity contribution in [2.75, 3.05) is 23.7 Å². The van der Waals surface area contributed by atoms with Gasteiger partial charge in [0, 0.05) is 16.7 Å². The Hall–Kier alpha value is -0.520. The van der Waals surface area contributed by atoms with Crippen molar-refractivity contribution < 1.29 is 0 Å². The molecule has 0 aliphatic carbocycles. The summed E-state index contributed by atoms with van der Waals surface area (Å²) < 4.78 is 1.26. The van der Waals surface area contributed by atoms with Crippen LogP contribution in [-0.4, -0.2) is 18.1 Å². The highest BCUT2D eigenvalue weighted by Crippen LogP contribution is 2.30. The zero-order valence-electron chi connectivity index (χ0n) is 7.74. The van der Waals surface area contributed by atoms with E-state index in [4.69, 9.17) is 0 Å². The first-order valence-electron chi connectivity index (χ1n) is 4.34. The SMILES string of the molecule is Cc1nc2c(c(C)c1I)NCCN2. The second-order valence-corrected chi connectivity index (χ2v) is 4.29. The van der Waals surface area contributed by atoms with Gasteiger partial charge in [0.2, 0.25) is 0 Å². The minimum Gasteiger partial charge on any atom is -0.380 e. The first kappa shape index (κ1) is 9.05. The van der Waals surface area contributed by atoms with Crippen LogP contribution in [0.2, 0.25) is 0 Å². The Labute approximate surface area is 91.5 Å². The van der Waals surface area contributed by atoms with Gasteiger partial charge in [-0.2, -0.15) is 0 Å². The van der Waals surface area contributed by atoms with Gasteiger partial charge in [0.1, 0.15) is 5.82 Å². The number of hydrogen-bond donors (Lipinski definition) is 2. The Bertz CT molecular complexity index is 349. The summed E-state index contributed by atoms with van der Waals surface area (Å²) in [7, 11) is 0. The summed E-state index contributed by atoms with van der Waals surface area (Å²) in [6.45, 7) is 6.12. The summed E-state index contributed by atoms with van der Waals surface area (Å²) >= 11 is 2.34. The van der Waals surface area contributed by atoms with Crippen molar-refractivity contribution in [3.8, 4) is 0 Å². The van der Waals surface area contributed by atoms with Gasteiger partial charge >= 0.3 is 0 Å². The molecular formula is C9H12IN3. The molecule has 0 unspecified atom stereocenters. The van der Waals surface area contributed by atoms with E-state index in [1.165, 1.54) is 14.8 Å². The smallest absolute Gasteiger partial charge is 0.150 e. The molecule has 1 aliphatic rings. The van der Waals surface area contributed by atoms with Gasteiger partial charge in [0.15, 0.2) is 0 Å². The maximum Gasteiger partial charge on any atom is 0.150 e. The fourth-order valence-electron chi connectivity index (χ4n) is 1.54. The maximum absolute atomic E-state index is 4.49. The molecule has 0 saturated heterocycles. The first-order valence-corrected chi connectivity index (χ1v) is 5.42. The van der Waals surface area contributed by atoms with Crippen molar-refractivity contribution in [3.05, 3.63) is 14.8 Å². The molecule has 0 spiro atoms. The molecule has 0 atom stereocenters. The molecule has 0 saturated carbocycles. The van der Waals surface area contributed by atoms with E-state index in [-0.39, 0.29) is 0 Å². The fourth-order valence-corrected chi connectivity index (χ4v) is 1.93. The van der Waals surface area contributed by atoms with Crippen molar-refractivity contribution in [1.29, 1.82) is 0 Å². The number of halogens is 1. The van der Waals surface area contributed by atoms with Crippen LogP contribution >= 0.6 is 22.6 Å². The summed E-state index contributed by atoms with van der Waals surface area (Å²) in [4.78, 5) is 4.49. The van der Waals surface area contributed by atoms with Crippen LogP contribution in [-0.2, 0) is 0 Å². The van der Waals surface area contributed by atoms with Gasteiger partial charge in [-0.15, -0.1) is 0 Å². The normalized spacial score (nSPS) is 14.4. The molecule has 0 amide bonds. The average Bonchev–Trinajstić information content (AvgIpc) is 2.15. The Morgan fingerprint density at radius 2 is 1.92 bits per heavy atom. The topological polar surface area (TPSA) is 37.0 Å². The number of aryl methyl sites for hydroxylation is 1. The van der Waals surface area contributed by atoms with Gasteiger partial charge in [-0.1, -0.05) is 0 Å². The summed E-state index contributed by atoms with van der Waals surface area (Å²) in [5.74, 6) is 1.00. The number of anilines is 2. The van der Waals surface area contributed by atoms with Gasteiger partial charge < -0.3 is 10.6 Å². The number of nitrogens with zero attached hydrogens (tertiary/aromatic N) is 1. The molecule has 1 aliphatic heterocycles. The van der Waals surface area contributed by atoms with Gasteiger partial charge in [0.05, 0.1) is 11.4 Å². The third-order valence-electron chi connectivity index (χ3n) is 2.26. The first-order chi connectivity index (χ1) is 6.20. The van der Waals surface area contributed by atoms with Crippen molar-refractivity contribution in [3.63, 3.8) is 0 Å². The van der Waals surface area contributed by atoms with E-state index in [0.29, 0.717) is 0 Å². The van der Waals surface area contributed by atoms with Crippen LogP contribution in [0.25, 0.3) is 0 Å². The molecule has 0 bridgehead atoms. The van der Waals surface area contributed by atoms with E-state index >= 15 is 0 Å². The third kappa shape index (κ3) is 1.47. The largest absolute Gasteiger partial charge is 0.380 e. The quantitative estimate of drug-likeness (QED) is 0.719. The lowest BCUT2D eigenvalue weighted by Crippen LogP contribution is -2.23. The number of hydrogen-bond acceptors (Lipinski definition) is 3. The van der Waals surface area contributed by atoms with Crippen LogP contribution in [0, 0.1) is 17.4 Å². The van der Waals surface area contributed by atoms with Gasteiger partial charge in [-0.05, 0) is 42.0 Å². The highest BCUT2D eigenvalue weighted by Gasteiger charge is 2.15. The van der Waals surface area contributed by atoms with Crippen molar-refractivity contribution in [2.45, 2.75) is 13.8 Å². The molecule has 13 heavy (non-hydrogen) atoms. The third-order valence-corrected chi connectivity index (χ3v) is 3.85. The van der Waals surface area contributed by atoms with Crippen LogP contribution < -0.4 is 10.6 Å². The minimum atomic E-state index is 0.958. The molecule has 0 radical (unpaired) electrons. The highest BCUT2D eigenvalue weighted by molar-refractivity contribution is 14.1.